The normalized spacial score (nSPS) is 22.3. The molecule has 0 saturated heterocycles. The van der Waals surface area contributed by atoms with Crippen LogP contribution in [-0.2, 0) is 11.0 Å². The van der Waals surface area contributed by atoms with Gasteiger partial charge in [-0.1, -0.05) is 30.1 Å². The molecule has 2 aliphatic carbocycles. The summed E-state index contributed by atoms with van der Waals surface area (Å²) in [7, 11) is 0. The highest BCUT2D eigenvalue weighted by atomic mass is 35.5. The summed E-state index contributed by atoms with van der Waals surface area (Å²) in [5.41, 5.74) is -5.23. The minimum Gasteiger partial charge on any atom is -0.481 e. The van der Waals surface area contributed by atoms with Crippen molar-refractivity contribution in [3.05, 3.63) is 45.5 Å². The van der Waals surface area contributed by atoms with Gasteiger partial charge in [0.25, 0.3) is 5.91 Å². The number of ketones is 1. The first-order valence-electron chi connectivity index (χ1n) is 12.5. The van der Waals surface area contributed by atoms with Crippen LogP contribution in [0.1, 0.15) is 71.5 Å². The number of aliphatic carboxylic acids is 1. The van der Waals surface area contributed by atoms with Crippen LogP contribution in [0.4, 0.5) is 26.3 Å². The monoisotopic (exact) mass is 628 g/mol. The van der Waals surface area contributed by atoms with E-state index in [4.69, 9.17) is 23.2 Å². The lowest BCUT2D eigenvalue weighted by Gasteiger charge is -2.33. The number of hydrogen-bond acceptors (Lipinski definition) is 5. The van der Waals surface area contributed by atoms with Crippen LogP contribution in [-0.4, -0.2) is 61.7 Å². The van der Waals surface area contributed by atoms with Crippen molar-refractivity contribution in [2.45, 2.75) is 57.4 Å². The molecule has 2 saturated carbocycles. The molecule has 0 spiro atoms. The predicted molar refractivity (Wildman–Crippen MR) is 133 cm³/mol. The van der Waals surface area contributed by atoms with Crippen molar-refractivity contribution < 1.29 is 45.8 Å². The van der Waals surface area contributed by atoms with Gasteiger partial charge >= 0.3 is 18.3 Å². The number of nitrogens with zero attached hydrogens (tertiary/aromatic N) is 4. The van der Waals surface area contributed by atoms with E-state index >= 15 is 0 Å². The fraction of sp³-hybridized carbons (Fsp3) is 0.560. The van der Waals surface area contributed by atoms with Crippen molar-refractivity contribution in [2.75, 3.05) is 13.1 Å². The first-order valence-corrected chi connectivity index (χ1v) is 13.3. The molecule has 41 heavy (non-hydrogen) atoms. The number of amides is 1. The van der Waals surface area contributed by atoms with Crippen molar-refractivity contribution in [3.8, 4) is 0 Å². The van der Waals surface area contributed by atoms with E-state index in [1.807, 2.05) is 0 Å². The van der Waals surface area contributed by atoms with Crippen molar-refractivity contribution in [3.63, 3.8) is 0 Å². The summed E-state index contributed by atoms with van der Waals surface area (Å²) < 4.78 is 85.3. The summed E-state index contributed by atoms with van der Waals surface area (Å²) in [5.74, 6) is -4.79. The van der Waals surface area contributed by atoms with Crippen LogP contribution in [0.25, 0.3) is 0 Å². The Morgan fingerprint density at radius 3 is 2.17 bits per heavy atom. The molecule has 1 N–H and O–H groups in total. The van der Waals surface area contributed by atoms with Crippen LogP contribution < -0.4 is 0 Å². The first-order chi connectivity index (χ1) is 19.0. The molecule has 0 bridgehead atoms. The van der Waals surface area contributed by atoms with E-state index in [-0.39, 0.29) is 47.7 Å². The van der Waals surface area contributed by atoms with E-state index < -0.39 is 77.7 Å². The van der Waals surface area contributed by atoms with Gasteiger partial charge in [0.1, 0.15) is 0 Å². The van der Waals surface area contributed by atoms with Crippen LogP contribution in [0.3, 0.4) is 0 Å². The minimum atomic E-state index is -5.15. The van der Waals surface area contributed by atoms with Gasteiger partial charge in [-0.05, 0) is 38.0 Å². The molecule has 0 aromatic carbocycles. The van der Waals surface area contributed by atoms with E-state index in [0.29, 0.717) is 15.8 Å². The lowest BCUT2D eigenvalue weighted by molar-refractivity contribution is -0.189. The molecule has 0 radical (unpaired) electrons. The van der Waals surface area contributed by atoms with Gasteiger partial charge in [-0.2, -0.15) is 31.4 Å². The molecule has 2 heterocycles. The first kappa shape index (κ1) is 31.1. The number of alkyl halides is 6. The summed E-state index contributed by atoms with van der Waals surface area (Å²) in [6.07, 6.45) is -7.83. The summed E-state index contributed by atoms with van der Waals surface area (Å²) in [5, 5.41) is 12.6. The average molecular weight is 629 g/mol. The highest BCUT2D eigenvalue weighted by molar-refractivity contribution is 6.39. The molecule has 224 valence electrons. The summed E-state index contributed by atoms with van der Waals surface area (Å²) in [6.45, 7) is -0.517. The van der Waals surface area contributed by atoms with Gasteiger partial charge in [0.2, 0.25) is 0 Å². The van der Waals surface area contributed by atoms with Crippen molar-refractivity contribution in [1.29, 1.82) is 0 Å². The Hall–Kier alpha value is -2.87. The average Bonchev–Trinajstić information content (AvgIpc) is 3.50. The van der Waals surface area contributed by atoms with Gasteiger partial charge in [-0.25, -0.2) is 0 Å². The zero-order valence-corrected chi connectivity index (χ0v) is 22.9. The Morgan fingerprint density at radius 1 is 1.07 bits per heavy atom. The molecule has 2 aromatic heterocycles. The van der Waals surface area contributed by atoms with Crippen LogP contribution in [0.2, 0.25) is 10.0 Å². The second-order valence-electron chi connectivity index (χ2n) is 10.6. The van der Waals surface area contributed by atoms with Gasteiger partial charge in [0.15, 0.2) is 11.5 Å². The third kappa shape index (κ3) is 6.18. The van der Waals surface area contributed by atoms with Crippen LogP contribution in [0.5, 0.6) is 0 Å². The second kappa shape index (κ2) is 11.1. The number of aromatic nitrogens is 3. The summed E-state index contributed by atoms with van der Waals surface area (Å²) >= 11 is 12.0. The lowest BCUT2D eigenvalue weighted by Crippen LogP contribution is -2.44. The molecule has 0 aliphatic heterocycles. The smallest absolute Gasteiger partial charge is 0.433 e. The second-order valence-corrected chi connectivity index (χ2v) is 11.4. The van der Waals surface area contributed by atoms with Crippen LogP contribution in [0, 0.1) is 17.3 Å². The molecule has 2 fully saturated rings. The molecule has 2 aliphatic rings. The van der Waals surface area contributed by atoms with Crippen LogP contribution in [0.15, 0.2) is 18.6 Å². The molecule has 1 amide bonds. The molecule has 4 rings (SSSR count). The standard InChI is InChI=1S/C25H24Cl2F6N4O4/c1-12-6-13(2-3-14(12)22(40)41)37-20(24(28,29)30)15(7-35-37)21(39)36(11-23(4-5-23)25(31,32)33)10-18(38)19-16(26)8-34-9-17(19)27/h7-9,12-14H,2-6,10-11H2,1H3,(H,40,41)/t12-,13+,14+/m1/s1. The quantitative estimate of drug-likeness (QED) is 0.270. The van der Waals surface area contributed by atoms with Crippen LogP contribution >= 0.6 is 23.2 Å². The van der Waals surface area contributed by atoms with E-state index in [2.05, 4.69) is 10.1 Å². The number of rotatable bonds is 8. The Balaban J connectivity index is 1.72. The predicted octanol–water partition coefficient (Wildman–Crippen LogP) is 6.33. The lowest BCUT2D eigenvalue weighted by atomic mass is 9.78. The van der Waals surface area contributed by atoms with Gasteiger partial charge in [-0.3, -0.25) is 24.0 Å². The summed E-state index contributed by atoms with van der Waals surface area (Å²) in [6, 6.07) is -0.909. The molecule has 16 heteroatoms. The Bertz CT molecular complexity index is 1340. The number of halogens is 8. The van der Waals surface area contributed by atoms with E-state index in [9.17, 15) is 45.8 Å². The molecular weight excluding hydrogens is 605 g/mol. The maximum atomic E-state index is 14.4. The highest BCUT2D eigenvalue weighted by Gasteiger charge is 2.64. The van der Waals surface area contributed by atoms with Gasteiger partial charge in [0, 0.05) is 18.9 Å². The third-order valence-electron chi connectivity index (χ3n) is 7.80. The van der Waals surface area contributed by atoms with Gasteiger partial charge in [-0.15, -0.1) is 0 Å². The topological polar surface area (TPSA) is 105 Å². The number of hydrogen-bond donors (Lipinski definition) is 1. The van der Waals surface area contributed by atoms with Gasteiger partial charge < -0.3 is 10.0 Å². The third-order valence-corrected chi connectivity index (χ3v) is 8.37. The SMILES string of the molecule is C[C@@H]1C[C@@H](n2ncc(C(=O)N(CC(=O)c3c(Cl)cncc3Cl)CC3(C(F)(F)F)CC3)c2C(F)(F)F)CC[C@@H]1C(=O)O. The largest absolute Gasteiger partial charge is 0.481 e. The fourth-order valence-corrected chi connectivity index (χ4v) is 5.96. The molecule has 8 nitrogen and oxygen atoms in total. The maximum absolute atomic E-state index is 14.4. The Morgan fingerprint density at radius 2 is 1.68 bits per heavy atom. The Kier molecular flexibility index (Phi) is 8.40. The van der Waals surface area contributed by atoms with E-state index in [1.54, 1.807) is 6.92 Å². The zero-order valence-electron chi connectivity index (χ0n) is 21.4. The number of carbonyl (C=O) groups is 3. The highest BCUT2D eigenvalue weighted by Crippen LogP contribution is 2.58. The van der Waals surface area contributed by atoms with Crippen molar-refractivity contribution >= 4 is 40.9 Å². The van der Waals surface area contributed by atoms with E-state index in [1.165, 1.54) is 0 Å². The molecular formula is C25H24Cl2F6N4O4. The molecule has 3 atom stereocenters. The summed E-state index contributed by atoms with van der Waals surface area (Å²) in [4.78, 5) is 42.2. The van der Waals surface area contributed by atoms with E-state index in [0.717, 1.165) is 12.4 Å². The van der Waals surface area contributed by atoms with Crippen molar-refractivity contribution in [1.82, 2.24) is 19.7 Å². The number of pyridine rings is 1. The fourth-order valence-electron chi connectivity index (χ4n) is 5.38. The number of carboxylic acid groups (broad SMARTS) is 1. The van der Waals surface area contributed by atoms with Gasteiger partial charge in [0.05, 0.1) is 51.3 Å². The Labute approximate surface area is 239 Å². The number of Topliss-reactive ketones (excluding diaryl/α,β-unsaturated/α-hetero) is 1. The minimum absolute atomic E-state index is 0.0216. The van der Waals surface area contributed by atoms with Crippen molar-refractivity contribution in [2.24, 2.45) is 17.3 Å². The number of carboxylic acids is 1. The molecule has 2 aromatic rings. The molecule has 0 unspecified atom stereocenters. The maximum Gasteiger partial charge on any atom is 0.433 e. The number of carbonyl (C=O) groups excluding carboxylic acids is 2. The zero-order chi connectivity index (χ0) is 30.5.